The number of halogens is 3. The van der Waals surface area contributed by atoms with Crippen molar-refractivity contribution in [2.24, 2.45) is 0 Å². The van der Waals surface area contributed by atoms with Crippen LogP contribution in [0.5, 0.6) is 0 Å². The van der Waals surface area contributed by atoms with Crippen molar-refractivity contribution in [3.8, 4) is 0 Å². The summed E-state index contributed by atoms with van der Waals surface area (Å²) in [5.41, 5.74) is -1.50. The number of carbonyl (C=O) groups is 1. The molecule has 15 heavy (non-hydrogen) atoms. The Morgan fingerprint density at radius 3 is 2.60 bits per heavy atom. The Labute approximate surface area is 82.7 Å². The highest BCUT2D eigenvalue weighted by molar-refractivity contribution is 7.54. The fourth-order valence-corrected chi connectivity index (χ4v) is 2.32. The molecule has 2 unspecified atom stereocenters. The molecule has 0 radical (unpaired) electrons. The number of cyclic esters (lactones) is 1. The molecule has 0 aromatic heterocycles. The molecule has 0 aromatic carbocycles. The first kappa shape index (κ1) is 12.5. The van der Waals surface area contributed by atoms with Crippen LogP contribution in [0.2, 0.25) is 0 Å². The van der Waals surface area contributed by atoms with Crippen LogP contribution in [0.3, 0.4) is 0 Å². The number of esters is 1. The van der Waals surface area contributed by atoms with Gasteiger partial charge in [0.15, 0.2) is 12.3 Å². The minimum absolute atomic E-state index is 0.0799. The maximum atomic E-state index is 11.7. The second-order valence-electron chi connectivity index (χ2n) is 2.92. The van der Waals surface area contributed by atoms with E-state index in [1.807, 2.05) is 0 Å². The van der Waals surface area contributed by atoms with Crippen molar-refractivity contribution in [2.75, 3.05) is 13.2 Å². The van der Waals surface area contributed by atoms with Gasteiger partial charge < -0.3 is 9.63 Å². The summed E-state index contributed by atoms with van der Waals surface area (Å²) in [6, 6.07) is 0. The topological polar surface area (TPSA) is 72.8 Å². The normalized spacial score (nSPS) is 26.1. The van der Waals surface area contributed by atoms with Gasteiger partial charge in [-0.05, 0) is 0 Å². The van der Waals surface area contributed by atoms with Crippen molar-refractivity contribution in [3.63, 3.8) is 0 Å². The van der Waals surface area contributed by atoms with E-state index < -0.39 is 32.0 Å². The number of alkyl halides is 3. The molecule has 88 valence electrons. The fraction of sp³-hybridized carbons (Fsp3) is 0.833. The average Bonchev–Trinajstić information content (AvgIpc) is 2.47. The number of rotatable bonds is 3. The zero-order valence-electron chi connectivity index (χ0n) is 7.36. The first-order valence-electron chi connectivity index (χ1n) is 3.93. The van der Waals surface area contributed by atoms with E-state index >= 15 is 0 Å². The minimum Gasteiger partial charge on any atom is -0.465 e. The highest BCUT2D eigenvalue weighted by Gasteiger charge is 2.45. The molecule has 1 aliphatic rings. The SMILES string of the molecule is O=C1OCCC1P(=O)(O)OCC(F)(F)F. The molecule has 0 amide bonds. The molecule has 1 heterocycles. The van der Waals surface area contributed by atoms with E-state index in [0.29, 0.717) is 0 Å². The summed E-state index contributed by atoms with van der Waals surface area (Å²) in [4.78, 5) is 19.9. The molecular formula is C6H8F3O5P. The van der Waals surface area contributed by atoms with Crippen molar-refractivity contribution in [2.45, 2.75) is 18.3 Å². The number of carbonyl (C=O) groups excluding carboxylic acids is 1. The Morgan fingerprint density at radius 2 is 2.20 bits per heavy atom. The summed E-state index contributed by atoms with van der Waals surface area (Å²) >= 11 is 0. The molecule has 1 fully saturated rings. The third-order valence-corrected chi connectivity index (χ3v) is 3.47. The first-order valence-corrected chi connectivity index (χ1v) is 5.57. The van der Waals surface area contributed by atoms with Crippen molar-refractivity contribution in [3.05, 3.63) is 0 Å². The average molecular weight is 248 g/mol. The lowest BCUT2D eigenvalue weighted by atomic mass is 10.4. The van der Waals surface area contributed by atoms with E-state index in [1.54, 1.807) is 0 Å². The Morgan fingerprint density at radius 1 is 1.60 bits per heavy atom. The number of ether oxygens (including phenoxy) is 1. The van der Waals surface area contributed by atoms with Crippen LogP contribution in [0.15, 0.2) is 0 Å². The summed E-state index contributed by atoms with van der Waals surface area (Å²) in [7, 11) is -4.59. The lowest BCUT2D eigenvalue weighted by Crippen LogP contribution is -2.21. The van der Waals surface area contributed by atoms with Gasteiger partial charge in [-0.15, -0.1) is 0 Å². The van der Waals surface area contributed by atoms with Gasteiger partial charge in [-0.25, -0.2) is 0 Å². The van der Waals surface area contributed by atoms with E-state index in [4.69, 9.17) is 4.89 Å². The number of hydrogen-bond acceptors (Lipinski definition) is 4. The molecule has 0 bridgehead atoms. The van der Waals surface area contributed by atoms with Crippen LogP contribution in [0.25, 0.3) is 0 Å². The molecular weight excluding hydrogens is 240 g/mol. The summed E-state index contributed by atoms with van der Waals surface area (Å²) in [5.74, 6) is -0.997. The standard InChI is InChI=1S/C6H8F3O5P/c7-6(8,9)3-14-15(11,12)4-1-2-13-5(4)10/h4H,1-3H2,(H,11,12). The van der Waals surface area contributed by atoms with Gasteiger partial charge in [-0.1, -0.05) is 0 Å². The van der Waals surface area contributed by atoms with Gasteiger partial charge in [-0.3, -0.25) is 13.9 Å². The predicted molar refractivity (Wildman–Crippen MR) is 41.2 cm³/mol. The zero-order valence-corrected chi connectivity index (χ0v) is 8.25. The summed E-state index contributed by atoms with van der Waals surface area (Å²) in [6.45, 7) is -1.94. The molecule has 1 rings (SSSR count). The van der Waals surface area contributed by atoms with Crippen LogP contribution in [0.1, 0.15) is 6.42 Å². The molecule has 0 spiro atoms. The predicted octanol–water partition coefficient (Wildman–Crippen LogP) is 1.07. The van der Waals surface area contributed by atoms with Gasteiger partial charge in [0, 0.05) is 6.42 Å². The van der Waals surface area contributed by atoms with E-state index in [9.17, 15) is 22.5 Å². The molecule has 1 saturated heterocycles. The summed E-state index contributed by atoms with van der Waals surface area (Å²) < 4.78 is 54.5. The van der Waals surface area contributed by atoms with Crippen LogP contribution in [-0.2, 0) is 18.6 Å². The van der Waals surface area contributed by atoms with Crippen LogP contribution < -0.4 is 0 Å². The van der Waals surface area contributed by atoms with Gasteiger partial charge in [0.05, 0.1) is 6.61 Å². The van der Waals surface area contributed by atoms with E-state index in [1.165, 1.54) is 0 Å². The Bertz CT molecular complexity index is 302. The molecule has 2 atom stereocenters. The Hall–Kier alpha value is -0.590. The van der Waals surface area contributed by atoms with Crippen LogP contribution in [0.4, 0.5) is 13.2 Å². The summed E-state index contributed by atoms with van der Waals surface area (Å²) in [6.07, 6.45) is -4.81. The second-order valence-corrected chi connectivity index (χ2v) is 4.93. The maximum absolute atomic E-state index is 11.7. The smallest absolute Gasteiger partial charge is 0.412 e. The highest BCUT2D eigenvalue weighted by atomic mass is 31.2. The van der Waals surface area contributed by atoms with Crippen molar-refractivity contribution in [1.29, 1.82) is 0 Å². The highest BCUT2D eigenvalue weighted by Crippen LogP contribution is 2.51. The molecule has 1 N–H and O–H groups in total. The number of hydrogen-bond donors (Lipinski definition) is 1. The van der Waals surface area contributed by atoms with Crippen molar-refractivity contribution < 1.29 is 36.7 Å². The molecule has 1 aliphatic heterocycles. The van der Waals surface area contributed by atoms with Crippen LogP contribution in [0, 0.1) is 0 Å². The van der Waals surface area contributed by atoms with Gasteiger partial charge in [0.2, 0.25) is 0 Å². The fourth-order valence-electron chi connectivity index (χ4n) is 1.04. The Balaban J connectivity index is 2.59. The first-order chi connectivity index (χ1) is 6.72. The van der Waals surface area contributed by atoms with E-state index in [2.05, 4.69) is 9.26 Å². The molecule has 0 aromatic rings. The minimum atomic E-state index is -4.71. The lowest BCUT2D eigenvalue weighted by molar-refractivity contribution is -0.155. The lowest BCUT2D eigenvalue weighted by Gasteiger charge is -2.16. The van der Waals surface area contributed by atoms with Crippen molar-refractivity contribution >= 4 is 13.6 Å². The largest absolute Gasteiger partial charge is 0.465 e. The van der Waals surface area contributed by atoms with Gasteiger partial charge in [-0.2, -0.15) is 13.2 Å². The zero-order chi connectivity index (χ0) is 11.7. The monoisotopic (exact) mass is 248 g/mol. The van der Waals surface area contributed by atoms with Crippen LogP contribution >= 0.6 is 7.60 Å². The summed E-state index contributed by atoms with van der Waals surface area (Å²) in [5, 5.41) is 0. The third kappa shape index (κ3) is 3.48. The van der Waals surface area contributed by atoms with E-state index in [-0.39, 0.29) is 13.0 Å². The van der Waals surface area contributed by atoms with Crippen molar-refractivity contribution in [1.82, 2.24) is 0 Å². The maximum Gasteiger partial charge on any atom is 0.412 e. The Kier molecular flexibility index (Phi) is 3.42. The van der Waals surface area contributed by atoms with Gasteiger partial charge in [0.1, 0.15) is 0 Å². The third-order valence-electron chi connectivity index (χ3n) is 1.71. The molecule has 0 aliphatic carbocycles. The quantitative estimate of drug-likeness (QED) is 0.597. The van der Waals surface area contributed by atoms with Crippen LogP contribution in [-0.4, -0.2) is 35.9 Å². The molecule has 9 heteroatoms. The molecule has 0 saturated carbocycles. The van der Waals surface area contributed by atoms with Gasteiger partial charge >= 0.3 is 19.7 Å². The second kappa shape index (κ2) is 4.11. The molecule has 5 nitrogen and oxygen atoms in total. The van der Waals surface area contributed by atoms with Gasteiger partial charge in [0.25, 0.3) is 0 Å². The van der Waals surface area contributed by atoms with E-state index in [0.717, 1.165) is 0 Å².